The Morgan fingerprint density at radius 2 is 1.69 bits per heavy atom. The number of fused-ring (bicyclic) bond motifs is 1. The maximum Gasteiger partial charge on any atom is 0.315 e. The van der Waals surface area contributed by atoms with Gasteiger partial charge in [-0.25, -0.2) is 0 Å². The fraction of sp³-hybridized carbons (Fsp3) is 0.517. The van der Waals surface area contributed by atoms with E-state index in [9.17, 15) is 9.59 Å². The summed E-state index contributed by atoms with van der Waals surface area (Å²) in [5, 5.41) is 0. The summed E-state index contributed by atoms with van der Waals surface area (Å²) in [7, 11) is 3.18. The van der Waals surface area contributed by atoms with Gasteiger partial charge in [-0.3, -0.25) is 9.59 Å². The lowest BCUT2D eigenvalue weighted by atomic mass is 9.69. The minimum absolute atomic E-state index is 0.0322. The molecule has 0 bridgehead atoms. The molecule has 2 aromatic carbocycles. The summed E-state index contributed by atoms with van der Waals surface area (Å²) < 4.78 is 23.7. The topological polar surface area (TPSA) is 71.1 Å². The fourth-order valence-electron chi connectivity index (χ4n) is 5.57. The average Bonchev–Trinajstić information content (AvgIpc) is 3.23. The molecule has 0 heterocycles. The quantitative estimate of drug-likeness (QED) is 0.438. The predicted octanol–water partition coefficient (Wildman–Crippen LogP) is 5.92. The number of hydrogen-bond donors (Lipinski definition) is 0. The van der Waals surface area contributed by atoms with Crippen LogP contribution in [0.5, 0.6) is 17.2 Å². The van der Waals surface area contributed by atoms with Crippen LogP contribution in [0.15, 0.2) is 30.3 Å². The molecule has 186 valence electrons. The molecule has 3 aliphatic carbocycles. The van der Waals surface area contributed by atoms with E-state index in [1.54, 1.807) is 14.2 Å². The highest BCUT2D eigenvalue weighted by Crippen LogP contribution is 2.48. The van der Waals surface area contributed by atoms with E-state index in [0.29, 0.717) is 23.7 Å². The largest absolute Gasteiger partial charge is 0.493 e. The second-order valence-corrected chi connectivity index (χ2v) is 10.1. The number of ether oxygens (including phenoxy) is 4. The highest BCUT2D eigenvalue weighted by molar-refractivity contribution is 6.01. The van der Waals surface area contributed by atoms with Gasteiger partial charge in [0.2, 0.25) is 5.75 Å². The second kappa shape index (κ2) is 9.92. The van der Waals surface area contributed by atoms with E-state index >= 15 is 0 Å². The Balaban J connectivity index is 1.43. The Labute approximate surface area is 206 Å². The molecule has 2 saturated carbocycles. The van der Waals surface area contributed by atoms with E-state index in [-0.39, 0.29) is 24.5 Å². The van der Waals surface area contributed by atoms with Gasteiger partial charge in [0.05, 0.1) is 14.2 Å². The molecule has 3 aliphatic rings. The smallest absolute Gasteiger partial charge is 0.315 e. The molecular formula is C29H34O6. The molecular weight excluding hydrogens is 444 g/mol. The van der Waals surface area contributed by atoms with Crippen LogP contribution in [0.2, 0.25) is 0 Å². The van der Waals surface area contributed by atoms with Gasteiger partial charge in [0.1, 0.15) is 18.1 Å². The zero-order chi connectivity index (χ0) is 24.4. The van der Waals surface area contributed by atoms with Crippen molar-refractivity contribution >= 4 is 11.8 Å². The number of aryl methyl sites for hydroxylation is 1. The van der Waals surface area contributed by atoms with Gasteiger partial charge in [-0.2, -0.15) is 0 Å². The van der Waals surface area contributed by atoms with Crippen LogP contribution in [-0.2, 0) is 16.0 Å². The molecule has 0 saturated heterocycles. The first kappa shape index (κ1) is 23.7. The highest BCUT2D eigenvalue weighted by atomic mass is 16.6. The number of esters is 1. The first-order valence-electron chi connectivity index (χ1n) is 12.8. The normalized spacial score (nSPS) is 19.0. The molecule has 2 fully saturated rings. The Kier molecular flexibility index (Phi) is 6.72. The zero-order valence-corrected chi connectivity index (χ0v) is 20.7. The molecule has 0 atom stereocenters. The first-order valence-corrected chi connectivity index (χ1v) is 12.8. The molecule has 0 amide bonds. The molecule has 2 aromatic rings. The van der Waals surface area contributed by atoms with Gasteiger partial charge in [0.25, 0.3) is 0 Å². The van der Waals surface area contributed by atoms with Gasteiger partial charge in [-0.05, 0) is 68.2 Å². The molecule has 0 unspecified atom stereocenters. The van der Waals surface area contributed by atoms with Crippen molar-refractivity contribution in [3.8, 4) is 28.4 Å². The summed E-state index contributed by atoms with van der Waals surface area (Å²) in [5.74, 6) is 1.67. The Bertz CT molecular complexity index is 1110. The molecule has 0 N–H and O–H groups in total. The van der Waals surface area contributed by atoms with Crippen molar-refractivity contribution in [1.82, 2.24) is 0 Å². The number of carbonyl (C=O) groups is 2. The van der Waals surface area contributed by atoms with Crippen molar-refractivity contribution in [3.63, 3.8) is 0 Å². The molecule has 0 spiro atoms. The number of methoxy groups -OCH3 is 2. The highest BCUT2D eigenvalue weighted by Gasteiger charge is 2.47. The number of hydrogen-bond acceptors (Lipinski definition) is 6. The number of ketones is 1. The van der Waals surface area contributed by atoms with E-state index in [4.69, 9.17) is 18.9 Å². The molecule has 0 aromatic heterocycles. The number of Topliss-reactive ketones (excluding diaryl/α,β-unsaturated/α-hetero) is 1. The van der Waals surface area contributed by atoms with Crippen LogP contribution in [0, 0.1) is 5.41 Å². The summed E-state index contributed by atoms with van der Waals surface area (Å²) in [6.07, 6.45) is 9.24. The number of carbonyl (C=O) groups excluding carboxylic acids is 2. The third-order valence-electron chi connectivity index (χ3n) is 7.90. The van der Waals surface area contributed by atoms with Crippen molar-refractivity contribution in [2.45, 2.75) is 70.3 Å². The maximum absolute atomic E-state index is 13.2. The fourth-order valence-corrected chi connectivity index (χ4v) is 5.57. The third kappa shape index (κ3) is 4.51. The number of benzene rings is 2. The predicted molar refractivity (Wildman–Crippen MR) is 132 cm³/mol. The lowest BCUT2D eigenvalue weighted by molar-refractivity contribution is -0.171. The van der Waals surface area contributed by atoms with Crippen LogP contribution >= 0.6 is 0 Å². The lowest BCUT2D eigenvalue weighted by Crippen LogP contribution is -2.45. The maximum atomic E-state index is 13.2. The van der Waals surface area contributed by atoms with Crippen molar-refractivity contribution in [2.24, 2.45) is 5.41 Å². The first-order chi connectivity index (χ1) is 17.0. The van der Waals surface area contributed by atoms with Crippen molar-refractivity contribution < 1.29 is 28.5 Å². The van der Waals surface area contributed by atoms with E-state index < -0.39 is 5.41 Å². The summed E-state index contributed by atoms with van der Waals surface area (Å²) in [6.45, 7) is 0.235. The van der Waals surface area contributed by atoms with E-state index in [2.05, 4.69) is 6.07 Å². The Morgan fingerprint density at radius 1 is 0.914 bits per heavy atom. The van der Waals surface area contributed by atoms with Gasteiger partial charge in [0.15, 0.2) is 17.3 Å². The van der Waals surface area contributed by atoms with Crippen LogP contribution in [0.3, 0.4) is 0 Å². The Morgan fingerprint density at radius 3 is 2.37 bits per heavy atom. The molecule has 6 nitrogen and oxygen atoms in total. The zero-order valence-electron chi connectivity index (χ0n) is 20.7. The molecule has 6 heteroatoms. The van der Waals surface area contributed by atoms with E-state index in [1.165, 1.54) is 6.42 Å². The van der Waals surface area contributed by atoms with Crippen LogP contribution in [0.4, 0.5) is 0 Å². The Hall–Kier alpha value is -3.02. The van der Waals surface area contributed by atoms with Crippen molar-refractivity contribution in [2.75, 3.05) is 20.8 Å². The lowest BCUT2D eigenvalue weighted by Gasteiger charge is -2.40. The van der Waals surface area contributed by atoms with Gasteiger partial charge in [-0.15, -0.1) is 0 Å². The van der Waals surface area contributed by atoms with E-state index in [1.807, 2.05) is 24.3 Å². The van der Waals surface area contributed by atoms with Crippen molar-refractivity contribution in [3.05, 3.63) is 41.5 Å². The summed E-state index contributed by atoms with van der Waals surface area (Å²) in [6, 6.07) is 9.71. The van der Waals surface area contributed by atoms with Crippen LogP contribution < -0.4 is 14.2 Å². The van der Waals surface area contributed by atoms with E-state index in [0.717, 1.165) is 73.6 Å². The van der Waals surface area contributed by atoms with Crippen LogP contribution in [-0.4, -0.2) is 38.7 Å². The van der Waals surface area contributed by atoms with Crippen molar-refractivity contribution in [1.29, 1.82) is 0 Å². The monoisotopic (exact) mass is 478 g/mol. The number of rotatable bonds is 8. The van der Waals surface area contributed by atoms with Crippen LogP contribution in [0.1, 0.15) is 73.7 Å². The summed E-state index contributed by atoms with van der Waals surface area (Å²) in [5.41, 5.74) is 3.03. The van der Waals surface area contributed by atoms with Gasteiger partial charge >= 0.3 is 5.97 Å². The standard InChI is InChI=1S/C29H34O6/c1-32-25-14-12-23(20-9-11-22-19(17-20)10-13-24(22)30)26(27(25)33-2)34-18-29(15-6-16-29)28(31)35-21-7-4-3-5-8-21/h9,11-12,14,17,21H,3-8,10,13,15-16,18H2,1-2H3. The molecule has 0 radical (unpaired) electrons. The minimum Gasteiger partial charge on any atom is -0.493 e. The van der Waals surface area contributed by atoms with Gasteiger partial charge < -0.3 is 18.9 Å². The third-order valence-corrected chi connectivity index (χ3v) is 7.90. The van der Waals surface area contributed by atoms with Gasteiger partial charge in [0, 0.05) is 17.5 Å². The summed E-state index contributed by atoms with van der Waals surface area (Å²) >= 11 is 0. The van der Waals surface area contributed by atoms with Gasteiger partial charge in [-0.1, -0.05) is 31.0 Å². The minimum atomic E-state index is -0.618. The molecule has 35 heavy (non-hydrogen) atoms. The average molecular weight is 479 g/mol. The summed E-state index contributed by atoms with van der Waals surface area (Å²) in [4.78, 5) is 25.4. The van der Waals surface area contributed by atoms with Crippen LogP contribution in [0.25, 0.3) is 11.1 Å². The second-order valence-electron chi connectivity index (χ2n) is 10.1. The molecule has 0 aliphatic heterocycles. The SMILES string of the molecule is COc1ccc(-c2ccc3c(c2)CCC3=O)c(OCC2(C(=O)OC3CCCCC3)CCC2)c1OC. The molecule has 5 rings (SSSR count).